The number of rotatable bonds is 4. The Morgan fingerprint density at radius 1 is 1.04 bits per heavy atom. The molecule has 0 bridgehead atoms. The predicted molar refractivity (Wildman–Crippen MR) is 87.9 cm³/mol. The normalized spacial score (nSPS) is 14.5. The second-order valence-electron chi connectivity index (χ2n) is 5.59. The average Bonchev–Trinajstić information content (AvgIpc) is 2.63. The van der Waals surface area contributed by atoms with Crippen molar-refractivity contribution < 1.29 is 14.7 Å². The fourth-order valence-corrected chi connectivity index (χ4v) is 2.80. The Bertz CT molecular complexity index is 728. The molecule has 1 aromatic heterocycles. The first kappa shape index (κ1) is 15.9. The van der Waals surface area contributed by atoms with Gasteiger partial charge in [0.05, 0.1) is 12.0 Å². The molecule has 24 heavy (non-hydrogen) atoms. The maximum atomic E-state index is 12.5. The van der Waals surface area contributed by atoms with Crippen molar-refractivity contribution in [3.63, 3.8) is 0 Å². The topological polar surface area (TPSA) is 86.6 Å². The Morgan fingerprint density at radius 3 is 2.46 bits per heavy atom. The van der Waals surface area contributed by atoms with E-state index >= 15 is 0 Å². The summed E-state index contributed by atoms with van der Waals surface area (Å²) in [4.78, 5) is 27.6. The number of benzene rings is 1. The molecule has 2 aromatic rings. The zero-order chi connectivity index (χ0) is 16.9. The minimum Gasteiger partial charge on any atom is -0.478 e. The van der Waals surface area contributed by atoms with Crippen LogP contribution in [0.2, 0.25) is 0 Å². The summed E-state index contributed by atoms with van der Waals surface area (Å²) < 4.78 is 0. The number of nitrogens with zero attached hydrogens (tertiary/aromatic N) is 4. The van der Waals surface area contributed by atoms with Crippen LogP contribution in [0.25, 0.3) is 0 Å². The van der Waals surface area contributed by atoms with E-state index in [-0.39, 0.29) is 17.9 Å². The summed E-state index contributed by atoms with van der Waals surface area (Å²) in [6, 6.07) is 10.4. The smallest absolute Gasteiger partial charge is 0.335 e. The van der Waals surface area contributed by atoms with E-state index in [9.17, 15) is 14.7 Å². The van der Waals surface area contributed by atoms with Gasteiger partial charge in [0.1, 0.15) is 0 Å². The highest BCUT2D eigenvalue weighted by molar-refractivity contribution is 5.91. The number of aromatic nitrogens is 2. The lowest BCUT2D eigenvalue weighted by Crippen LogP contribution is -2.49. The molecule has 0 radical (unpaired) electrons. The highest BCUT2D eigenvalue weighted by atomic mass is 16.4. The third-order valence-electron chi connectivity index (χ3n) is 4.10. The Morgan fingerprint density at radius 2 is 1.79 bits per heavy atom. The van der Waals surface area contributed by atoms with Crippen molar-refractivity contribution in [2.45, 2.75) is 6.42 Å². The molecule has 1 fully saturated rings. The zero-order valence-corrected chi connectivity index (χ0v) is 13.1. The van der Waals surface area contributed by atoms with Crippen LogP contribution in [0.4, 0.5) is 5.82 Å². The van der Waals surface area contributed by atoms with Crippen molar-refractivity contribution >= 4 is 17.7 Å². The maximum absolute atomic E-state index is 12.5. The number of anilines is 1. The molecule has 1 aromatic carbocycles. The van der Waals surface area contributed by atoms with Gasteiger partial charge in [0.25, 0.3) is 0 Å². The minimum atomic E-state index is -1.01. The van der Waals surface area contributed by atoms with Crippen LogP contribution < -0.4 is 4.90 Å². The van der Waals surface area contributed by atoms with E-state index in [1.807, 2.05) is 12.1 Å². The molecule has 3 rings (SSSR count). The van der Waals surface area contributed by atoms with Crippen molar-refractivity contribution in [1.82, 2.24) is 15.1 Å². The van der Waals surface area contributed by atoms with Gasteiger partial charge in [-0.15, -0.1) is 5.10 Å². The number of hydrogen-bond donors (Lipinski definition) is 1. The molecule has 2 heterocycles. The number of carbonyl (C=O) groups is 2. The lowest BCUT2D eigenvalue weighted by atomic mass is 10.0. The summed E-state index contributed by atoms with van der Waals surface area (Å²) in [6.45, 7) is 2.55. The number of piperazine rings is 1. The SMILES string of the molecule is O=C(O)c1ccccc1CC(=O)N1CCN(c2cccnn2)CC1. The van der Waals surface area contributed by atoms with Crippen LogP contribution in [0.1, 0.15) is 15.9 Å². The third-order valence-corrected chi connectivity index (χ3v) is 4.10. The standard InChI is InChI=1S/C17H18N4O3/c22-16(12-13-4-1-2-5-14(13)17(23)24)21-10-8-20(9-11-21)15-6-3-7-18-19-15/h1-7H,8-12H2,(H,23,24). The molecule has 0 aliphatic carbocycles. The number of amides is 1. The second-order valence-corrected chi connectivity index (χ2v) is 5.59. The number of aromatic carboxylic acids is 1. The largest absolute Gasteiger partial charge is 0.478 e. The molecule has 1 saturated heterocycles. The van der Waals surface area contributed by atoms with E-state index < -0.39 is 5.97 Å². The van der Waals surface area contributed by atoms with E-state index in [0.29, 0.717) is 31.7 Å². The molecule has 0 atom stereocenters. The Labute approximate surface area is 139 Å². The van der Waals surface area contributed by atoms with Crippen molar-refractivity contribution in [3.05, 3.63) is 53.7 Å². The first-order valence-electron chi connectivity index (χ1n) is 7.77. The fraction of sp³-hybridized carbons (Fsp3) is 0.294. The van der Waals surface area contributed by atoms with Gasteiger partial charge >= 0.3 is 5.97 Å². The van der Waals surface area contributed by atoms with E-state index in [2.05, 4.69) is 15.1 Å². The van der Waals surface area contributed by atoms with Crippen LogP contribution in [0.5, 0.6) is 0 Å². The van der Waals surface area contributed by atoms with Gasteiger partial charge in [-0.2, -0.15) is 5.10 Å². The van der Waals surface area contributed by atoms with E-state index in [4.69, 9.17) is 0 Å². The van der Waals surface area contributed by atoms with E-state index in [0.717, 1.165) is 5.82 Å². The monoisotopic (exact) mass is 326 g/mol. The van der Waals surface area contributed by atoms with Gasteiger partial charge in [-0.1, -0.05) is 18.2 Å². The van der Waals surface area contributed by atoms with Crippen molar-refractivity contribution in [3.8, 4) is 0 Å². The number of carboxylic acid groups (broad SMARTS) is 1. The van der Waals surface area contributed by atoms with Gasteiger partial charge in [0.2, 0.25) is 5.91 Å². The Balaban J connectivity index is 1.61. The molecule has 7 nitrogen and oxygen atoms in total. The summed E-state index contributed by atoms with van der Waals surface area (Å²) in [5.74, 6) is -0.255. The summed E-state index contributed by atoms with van der Waals surface area (Å²) in [7, 11) is 0. The summed E-state index contributed by atoms with van der Waals surface area (Å²) >= 11 is 0. The lowest BCUT2D eigenvalue weighted by Gasteiger charge is -2.35. The predicted octanol–water partition coefficient (Wildman–Crippen LogP) is 1.07. The van der Waals surface area contributed by atoms with Gasteiger partial charge < -0.3 is 14.9 Å². The molecule has 1 aliphatic heterocycles. The molecule has 0 unspecified atom stereocenters. The van der Waals surface area contributed by atoms with E-state index in [1.54, 1.807) is 29.3 Å². The lowest BCUT2D eigenvalue weighted by molar-refractivity contribution is -0.130. The highest BCUT2D eigenvalue weighted by Gasteiger charge is 2.23. The number of carbonyl (C=O) groups excluding carboxylic acids is 1. The van der Waals surface area contributed by atoms with Gasteiger partial charge in [0, 0.05) is 32.4 Å². The van der Waals surface area contributed by atoms with E-state index in [1.165, 1.54) is 6.07 Å². The van der Waals surface area contributed by atoms with Gasteiger partial charge in [0.15, 0.2) is 5.82 Å². The molecule has 1 aliphatic rings. The molecule has 124 valence electrons. The highest BCUT2D eigenvalue weighted by Crippen LogP contribution is 2.14. The van der Waals surface area contributed by atoms with Gasteiger partial charge in [-0.25, -0.2) is 4.79 Å². The minimum absolute atomic E-state index is 0.0532. The van der Waals surface area contributed by atoms with Gasteiger partial charge in [-0.05, 0) is 23.8 Å². The molecule has 0 spiro atoms. The van der Waals surface area contributed by atoms with Crippen molar-refractivity contribution in [1.29, 1.82) is 0 Å². The summed E-state index contributed by atoms with van der Waals surface area (Å²) in [5.41, 5.74) is 0.732. The molecular weight excluding hydrogens is 308 g/mol. The Hall–Kier alpha value is -2.96. The Kier molecular flexibility index (Phi) is 4.69. The van der Waals surface area contributed by atoms with Crippen LogP contribution in [0.3, 0.4) is 0 Å². The van der Waals surface area contributed by atoms with Crippen LogP contribution in [-0.4, -0.2) is 58.3 Å². The average molecular weight is 326 g/mol. The second kappa shape index (κ2) is 7.08. The molecule has 0 saturated carbocycles. The molecule has 1 N–H and O–H groups in total. The molecule has 7 heteroatoms. The third kappa shape index (κ3) is 3.51. The summed E-state index contributed by atoms with van der Waals surface area (Å²) in [5, 5.41) is 17.2. The van der Waals surface area contributed by atoms with Gasteiger partial charge in [-0.3, -0.25) is 4.79 Å². The first-order valence-corrected chi connectivity index (χ1v) is 7.77. The number of hydrogen-bond acceptors (Lipinski definition) is 5. The van der Waals surface area contributed by atoms with Crippen LogP contribution in [-0.2, 0) is 11.2 Å². The summed E-state index contributed by atoms with van der Waals surface area (Å²) in [6.07, 6.45) is 1.73. The molecule has 1 amide bonds. The van der Waals surface area contributed by atoms with Crippen LogP contribution in [0, 0.1) is 0 Å². The first-order chi connectivity index (χ1) is 11.6. The number of carboxylic acids is 1. The molecular formula is C17H18N4O3. The maximum Gasteiger partial charge on any atom is 0.335 e. The van der Waals surface area contributed by atoms with Crippen molar-refractivity contribution in [2.24, 2.45) is 0 Å². The van der Waals surface area contributed by atoms with Crippen LogP contribution >= 0.6 is 0 Å². The fourth-order valence-electron chi connectivity index (χ4n) is 2.80. The zero-order valence-electron chi connectivity index (χ0n) is 13.1. The quantitative estimate of drug-likeness (QED) is 0.904. The van der Waals surface area contributed by atoms with Crippen LogP contribution in [0.15, 0.2) is 42.6 Å². The van der Waals surface area contributed by atoms with Crippen molar-refractivity contribution in [2.75, 3.05) is 31.1 Å².